The Balaban J connectivity index is 2.27. The second kappa shape index (κ2) is 8.66. The highest BCUT2D eigenvalue weighted by atomic mass is 32.2. The Hall–Kier alpha value is -1.61. The van der Waals surface area contributed by atoms with Crippen molar-refractivity contribution in [3.63, 3.8) is 0 Å². The molecule has 1 heterocycles. The van der Waals surface area contributed by atoms with E-state index in [1.165, 1.54) is 25.6 Å². The molecular formula is C17H22O7S. The van der Waals surface area contributed by atoms with Crippen LogP contribution in [-0.4, -0.2) is 58.6 Å². The van der Waals surface area contributed by atoms with Crippen molar-refractivity contribution in [2.24, 2.45) is 0 Å². The van der Waals surface area contributed by atoms with Gasteiger partial charge in [-0.2, -0.15) is 0 Å². The van der Waals surface area contributed by atoms with E-state index in [2.05, 4.69) is 0 Å². The minimum Gasteiger partial charge on any atom is -0.456 e. The lowest BCUT2D eigenvalue weighted by molar-refractivity contribution is -0.165. The molecule has 25 heavy (non-hydrogen) atoms. The summed E-state index contributed by atoms with van der Waals surface area (Å²) in [5.41, 5.74) is 0.988. The van der Waals surface area contributed by atoms with Crippen LogP contribution in [0.25, 0.3) is 0 Å². The molecule has 1 saturated heterocycles. The van der Waals surface area contributed by atoms with E-state index >= 15 is 0 Å². The number of carbonyl (C=O) groups is 2. The molecule has 0 bridgehead atoms. The zero-order valence-corrected chi connectivity index (χ0v) is 14.9. The van der Waals surface area contributed by atoms with Crippen molar-refractivity contribution in [3.05, 3.63) is 35.9 Å². The highest BCUT2D eigenvalue weighted by Gasteiger charge is 2.59. The van der Waals surface area contributed by atoms with Gasteiger partial charge in [-0.1, -0.05) is 30.3 Å². The average molecular weight is 370 g/mol. The summed E-state index contributed by atoms with van der Waals surface area (Å²) in [7, 11) is 0. The molecule has 0 unspecified atom stereocenters. The number of carbonyl (C=O) groups excluding carboxylic acids is 2. The van der Waals surface area contributed by atoms with Crippen molar-refractivity contribution in [2.45, 2.75) is 42.8 Å². The molecule has 7 nitrogen and oxygen atoms in total. The highest BCUT2D eigenvalue weighted by molar-refractivity contribution is 7.99. The second-order valence-electron chi connectivity index (χ2n) is 5.69. The van der Waals surface area contributed by atoms with Crippen LogP contribution in [0.2, 0.25) is 0 Å². The number of esters is 2. The van der Waals surface area contributed by atoms with Crippen LogP contribution in [-0.2, 0) is 29.6 Å². The van der Waals surface area contributed by atoms with Crippen LogP contribution in [0.1, 0.15) is 19.4 Å². The van der Waals surface area contributed by atoms with Crippen LogP contribution in [0.15, 0.2) is 30.3 Å². The molecule has 1 aliphatic heterocycles. The van der Waals surface area contributed by atoms with Gasteiger partial charge >= 0.3 is 11.9 Å². The fraction of sp³-hybridized carbons (Fsp3) is 0.529. The summed E-state index contributed by atoms with van der Waals surface area (Å²) in [5, 5.41) is 19.6. The van der Waals surface area contributed by atoms with Gasteiger partial charge < -0.3 is 24.4 Å². The highest BCUT2D eigenvalue weighted by Crippen LogP contribution is 2.44. The third-order valence-corrected chi connectivity index (χ3v) is 5.19. The van der Waals surface area contributed by atoms with E-state index < -0.39 is 48.4 Å². The fourth-order valence-electron chi connectivity index (χ4n) is 2.71. The number of rotatable bonds is 7. The molecule has 0 radical (unpaired) electrons. The Morgan fingerprint density at radius 2 is 1.80 bits per heavy atom. The number of aliphatic hydroxyl groups is 2. The lowest BCUT2D eigenvalue weighted by atomic mass is 10.1. The number of thioether (sulfide) groups is 1. The Labute approximate surface area is 150 Å². The van der Waals surface area contributed by atoms with Gasteiger partial charge in [0.25, 0.3) is 0 Å². The van der Waals surface area contributed by atoms with Crippen molar-refractivity contribution < 1.29 is 34.0 Å². The van der Waals surface area contributed by atoms with Gasteiger partial charge in [-0.3, -0.25) is 9.59 Å². The Kier molecular flexibility index (Phi) is 6.83. The van der Waals surface area contributed by atoms with Crippen LogP contribution < -0.4 is 0 Å². The molecule has 1 aromatic carbocycles. The summed E-state index contributed by atoms with van der Waals surface area (Å²) in [6.45, 7) is 1.52. The van der Waals surface area contributed by atoms with Gasteiger partial charge in [0, 0.05) is 19.6 Å². The van der Waals surface area contributed by atoms with Crippen LogP contribution in [0, 0.1) is 0 Å². The molecule has 2 N–H and O–H groups in total. The maximum Gasteiger partial charge on any atom is 0.303 e. The topological polar surface area (TPSA) is 102 Å². The van der Waals surface area contributed by atoms with Crippen LogP contribution >= 0.6 is 11.8 Å². The fourth-order valence-corrected chi connectivity index (χ4v) is 3.94. The zero-order valence-electron chi connectivity index (χ0n) is 14.1. The molecule has 0 saturated carbocycles. The first kappa shape index (κ1) is 19.7. The largest absolute Gasteiger partial charge is 0.456 e. The maximum atomic E-state index is 11.5. The van der Waals surface area contributed by atoms with Gasteiger partial charge in [-0.25, -0.2) is 0 Å². The molecule has 0 amide bonds. The molecule has 1 aliphatic rings. The molecule has 0 aliphatic carbocycles. The monoisotopic (exact) mass is 370 g/mol. The van der Waals surface area contributed by atoms with Gasteiger partial charge in [0.15, 0.2) is 17.1 Å². The van der Waals surface area contributed by atoms with Crippen molar-refractivity contribution in [2.75, 3.05) is 13.2 Å². The summed E-state index contributed by atoms with van der Waals surface area (Å²) in [4.78, 5) is 21.6. The van der Waals surface area contributed by atoms with E-state index in [4.69, 9.17) is 14.2 Å². The van der Waals surface area contributed by atoms with Crippen molar-refractivity contribution in [1.82, 2.24) is 0 Å². The van der Waals surface area contributed by atoms with E-state index in [0.29, 0.717) is 5.75 Å². The molecule has 1 fully saturated rings. The predicted octanol–water partition coefficient (Wildman–Crippen LogP) is 0.863. The first-order chi connectivity index (χ1) is 11.9. The first-order valence-electron chi connectivity index (χ1n) is 7.83. The lowest BCUT2D eigenvalue weighted by Gasteiger charge is -2.32. The van der Waals surface area contributed by atoms with Gasteiger partial charge in [0.1, 0.15) is 6.10 Å². The quantitative estimate of drug-likeness (QED) is 0.682. The van der Waals surface area contributed by atoms with E-state index in [1.54, 1.807) is 0 Å². The van der Waals surface area contributed by atoms with Crippen LogP contribution in [0.5, 0.6) is 0 Å². The summed E-state index contributed by atoms with van der Waals surface area (Å²) >= 11 is 1.23. The standard InChI is InChI=1S/C17H22O7S/c1-11(20)22-15-14(8-18)24-17(10-19,16(15)23-12(2)21)25-9-13-6-4-3-5-7-13/h3-7,14-16,18-19H,8-10H2,1-2H3/t14-,15-,16+,17-/m1/s1. The molecular weight excluding hydrogens is 348 g/mol. The summed E-state index contributed by atoms with van der Waals surface area (Å²) in [6.07, 6.45) is -2.93. The van der Waals surface area contributed by atoms with Gasteiger partial charge in [-0.05, 0) is 5.56 Å². The number of hydrogen-bond donors (Lipinski definition) is 2. The molecule has 138 valence electrons. The van der Waals surface area contributed by atoms with Crippen LogP contribution in [0.3, 0.4) is 0 Å². The summed E-state index contributed by atoms with van der Waals surface area (Å²) in [5.74, 6) is -0.710. The SMILES string of the molecule is CC(=O)O[C@@H]1[C@@H](CO)O[C@](CO)(SCc2ccccc2)[C@H]1OC(C)=O. The molecule has 0 aromatic heterocycles. The van der Waals surface area contributed by atoms with E-state index in [1.807, 2.05) is 30.3 Å². The molecule has 0 spiro atoms. The maximum absolute atomic E-state index is 11.5. The van der Waals surface area contributed by atoms with Crippen molar-refractivity contribution in [3.8, 4) is 0 Å². The summed E-state index contributed by atoms with van der Waals surface area (Å²) < 4.78 is 16.3. The second-order valence-corrected chi connectivity index (χ2v) is 6.96. The minimum absolute atomic E-state index is 0.441. The first-order valence-corrected chi connectivity index (χ1v) is 8.82. The predicted molar refractivity (Wildman–Crippen MR) is 90.6 cm³/mol. The normalized spacial score (nSPS) is 28.6. The number of ether oxygens (including phenoxy) is 3. The van der Waals surface area contributed by atoms with Crippen molar-refractivity contribution >= 4 is 23.7 Å². The van der Waals surface area contributed by atoms with Crippen LogP contribution in [0.4, 0.5) is 0 Å². The van der Waals surface area contributed by atoms with E-state index in [0.717, 1.165) is 5.56 Å². The summed E-state index contributed by atoms with van der Waals surface area (Å²) in [6, 6.07) is 9.50. The molecule has 1 aromatic rings. The zero-order chi connectivity index (χ0) is 18.4. The number of benzene rings is 1. The van der Waals surface area contributed by atoms with Gasteiger partial charge in [0.05, 0.1) is 13.2 Å². The third-order valence-electron chi connectivity index (χ3n) is 3.77. The van der Waals surface area contributed by atoms with E-state index in [-0.39, 0.29) is 0 Å². The minimum atomic E-state index is -1.34. The average Bonchev–Trinajstić information content (AvgIpc) is 2.87. The number of hydrogen-bond acceptors (Lipinski definition) is 8. The molecule has 8 heteroatoms. The van der Waals surface area contributed by atoms with Gasteiger partial charge in [0.2, 0.25) is 0 Å². The Morgan fingerprint density at radius 1 is 1.16 bits per heavy atom. The molecule has 4 atom stereocenters. The smallest absolute Gasteiger partial charge is 0.303 e. The number of aliphatic hydroxyl groups excluding tert-OH is 2. The lowest BCUT2D eigenvalue weighted by Crippen LogP contribution is -2.47. The van der Waals surface area contributed by atoms with Crippen molar-refractivity contribution in [1.29, 1.82) is 0 Å². The third kappa shape index (κ3) is 4.72. The van der Waals surface area contributed by atoms with Gasteiger partial charge in [-0.15, -0.1) is 11.8 Å². The Bertz CT molecular complexity index is 594. The van der Waals surface area contributed by atoms with E-state index in [9.17, 15) is 19.8 Å². The molecule has 2 rings (SSSR count). The Morgan fingerprint density at radius 3 is 2.32 bits per heavy atom.